The molecule has 0 aliphatic carbocycles. The number of carbonyl (C=O) groups excluding carboxylic acids is 1. The van der Waals surface area contributed by atoms with Crippen molar-refractivity contribution < 1.29 is 9.53 Å². The second-order valence-corrected chi connectivity index (χ2v) is 5.69. The van der Waals surface area contributed by atoms with Gasteiger partial charge < -0.3 is 10.1 Å². The fourth-order valence-corrected chi connectivity index (χ4v) is 1.42. The van der Waals surface area contributed by atoms with Gasteiger partial charge in [-0.1, -0.05) is 0 Å². The Hall–Kier alpha value is -0.880. The summed E-state index contributed by atoms with van der Waals surface area (Å²) in [4.78, 5) is 9.60. The summed E-state index contributed by atoms with van der Waals surface area (Å²) in [7, 11) is 0. The Morgan fingerprint density at radius 2 is 2.24 bits per heavy atom. The summed E-state index contributed by atoms with van der Waals surface area (Å²) < 4.78 is 7.59. The van der Waals surface area contributed by atoms with Crippen LogP contribution in [-0.2, 0) is 9.53 Å². The van der Waals surface area contributed by atoms with Crippen LogP contribution in [0.1, 0.15) is 26.8 Å². The molecular formula is C11H18BrN3O2. The summed E-state index contributed by atoms with van der Waals surface area (Å²) in [6, 6.07) is 0.575. The second-order valence-electron chi connectivity index (χ2n) is 4.78. The van der Waals surface area contributed by atoms with Crippen LogP contribution in [0.5, 0.6) is 0 Å². The van der Waals surface area contributed by atoms with E-state index in [1.54, 1.807) is 0 Å². The number of carbonyl (C=O) groups is 1. The molecule has 1 aliphatic heterocycles. The van der Waals surface area contributed by atoms with E-state index >= 15 is 0 Å². The molecule has 1 N–H and O–H groups in total. The molecule has 0 atom stereocenters. The molecule has 1 aliphatic rings. The van der Waals surface area contributed by atoms with E-state index in [4.69, 9.17) is 0 Å². The Bertz CT molecular complexity index is 356. The first-order chi connectivity index (χ1) is 7.92. The molecule has 0 radical (unpaired) electrons. The number of hydrogen-bond donors (Lipinski definition) is 1. The zero-order valence-corrected chi connectivity index (χ0v) is 11.9. The highest BCUT2D eigenvalue weighted by Gasteiger charge is 2.18. The minimum absolute atomic E-state index is 0.318. The van der Waals surface area contributed by atoms with Crippen LogP contribution in [0.25, 0.3) is 0 Å². The van der Waals surface area contributed by atoms with Crippen LogP contribution in [-0.4, -0.2) is 34.9 Å². The number of nitrogens with zero attached hydrogens (tertiary/aromatic N) is 2. The number of aromatic nitrogens is 2. The molecule has 1 saturated heterocycles. The van der Waals surface area contributed by atoms with Gasteiger partial charge in [0.05, 0.1) is 16.7 Å². The van der Waals surface area contributed by atoms with Crippen LogP contribution < -0.4 is 5.32 Å². The first kappa shape index (κ1) is 14.2. The number of hydrogen-bond acceptors (Lipinski definition) is 4. The van der Waals surface area contributed by atoms with Crippen LogP contribution >= 0.6 is 15.9 Å². The van der Waals surface area contributed by atoms with E-state index in [9.17, 15) is 4.79 Å². The van der Waals surface area contributed by atoms with Crippen molar-refractivity contribution in [2.45, 2.75) is 32.4 Å². The first-order valence-electron chi connectivity index (χ1n) is 5.44. The standard InChI is InChI=1S/C6H8BrN3.C5H10O2/c7-5-1-9-10(4-5)6-2-8-3-6;1-5(2,3)7-4-6/h1,4,6,8H,2-3H2;4H,1-3H3. The van der Waals surface area contributed by atoms with E-state index in [-0.39, 0.29) is 5.60 Å². The van der Waals surface area contributed by atoms with Gasteiger partial charge in [-0.15, -0.1) is 0 Å². The number of rotatable bonds is 2. The summed E-state index contributed by atoms with van der Waals surface area (Å²) >= 11 is 3.35. The van der Waals surface area contributed by atoms with Crippen molar-refractivity contribution in [3.8, 4) is 0 Å². The minimum Gasteiger partial charge on any atom is -0.462 e. The van der Waals surface area contributed by atoms with Crippen LogP contribution in [0.4, 0.5) is 0 Å². The fourth-order valence-electron chi connectivity index (χ4n) is 1.12. The van der Waals surface area contributed by atoms with E-state index in [1.165, 1.54) is 0 Å². The van der Waals surface area contributed by atoms with Gasteiger partial charge in [0.25, 0.3) is 6.47 Å². The monoisotopic (exact) mass is 303 g/mol. The van der Waals surface area contributed by atoms with Gasteiger partial charge in [0.2, 0.25) is 0 Å². The van der Waals surface area contributed by atoms with Crippen LogP contribution in [0, 0.1) is 0 Å². The third kappa shape index (κ3) is 5.32. The van der Waals surface area contributed by atoms with Gasteiger partial charge in [-0.3, -0.25) is 9.48 Å². The molecule has 5 nitrogen and oxygen atoms in total. The van der Waals surface area contributed by atoms with Gasteiger partial charge in [-0.05, 0) is 36.7 Å². The maximum atomic E-state index is 9.60. The Morgan fingerprint density at radius 1 is 1.59 bits per heavy atom. The van der Waals surface area contributed by atoms with Crippen molar-refractivity contribution >= 4 is 22.4 Å². The van der Waals surface area contributed by atoms with E-state index in [1.807, 2.05) is 37.8 Å². The molecule has 17 heavy (non-hydrogen) atoms. The smallest absolute Gasteiger partial charge is 0.293 e. The molecule has 2 rings (SSSR count). The largest absolute Gasteiger partial charge is 0.462 e. The summed E-state index contributed by atoms with van der Waals surface area (Å²) in [6.45, 7) is 8.02. The highest BCUT2D eigenvalue weighted by atomic mass is 79.9. The van der Waals surface area contributed by atoms with Crippen molar-refractivity contribution in [2.75, 3.05) is 13.1 Å². The Balaban J connectivity index is 0.000000185. The Kier molecular flexibility index (Phi) is 5.14. The van der Waals surface area contributed by atoms with E-state index < -0.39 is 0 Å². The zero-order chi connectivity index (χ0) is 12.9. The highest BCUT2D eigenvalue weighted by Crippen LogP contribution is 2.14. The van der Waals surface area contributed by atoms with Crippen molar-refractivity contribution in [2.24, 2.45) is 0 Å². The van der Waals surface area contributed by atoms with Gasteiger partial charge in [-0.25, -0.2) is 0 Å². The molecule has 1 aromatic heterocycles. The molecule has 0 amide bonds. The van der Waals surface area contributed by atoms with Gasteiger partial charge in [0.15, 0.2) is 0 Å². The van der Waals surface area contributed by atoms with Gasteiger partial charge in [0.1, 0.15) is 5.60 Å². The summed E-state index contributed by atoms with van der Waals surface area (Å²) in [6.07, 6.45) is 3.82. The van der Waals surface area contributed by atoms with Gasteiger partial charge in [-0.2, -0.15) is 5.10 Å². The lowest BCUT2D eigenvalue weighted by Crippen LogP contribution is -2.43. The van der Waals surface area contributed by atoms with Crippen LogP contribution in [0.2, 0.25) is 0 Å². The Labute approximate surface area is 110 Å². The third-order valence-corrected chi connectivity index (χ3v) is 2.52. The first-order valence-corrected chi connectivity index (χ1v) is 6.23. The minimum atomic E-state index is -0.318. The van der Waals surface area contributed by atoms with Crippen molar-refractivity contribution in [3.05, 3.63) is 16.9 Å². The van der Waals surface area contributed by atoms with E-state index in [0.717, 1.165) is 17.6 Å². The molecule has 0 aromatic carbocycles. The summed E-state index contributed by atoms with van der Waals surface area (Å²) in [5.41, 5.74) is -0.318. The lowest BCUT2D eigenvalue weighted by atomic mass is 10.2. The molecule has 1 fully saturated rings. The van der Waals surface area contributed by atoms with Crippen molar-refractivity contribution in [1.82, 2.24) is 15.1 Å². The number of ether oxygens (including phenoxy) is 1. The highest BCUT2D eigenvalue weighted by molar-refractivity contribution is 9.10. The molecule has 0 spiro atoms. The van der Waals surface area contributed by atoms with Gasteiger partial charge >= 0.3 is 0 Å². The molecule has 1 aromatic rings. The molecule has 96 valence electrons. The molecule has 2 heterocycles. The van der Waals surface area contributed by atoms with Crippen molar-refractivity contribution in [3.63, 3.8) is 0 Å². The molecular weight excluding hydrogens is 286 g/mol. The molecule has 6 heteroatoms. The lowest BCUT2D eigenvalue weighted by Gasteiger charge is -2.26. The van der Waals surface area contributed by atoms with Crippen LogP contribution in [0.15, 0.2) is 16.9 Å². The third-order valence-electron chi connectivity index (χ3n) is 2.11. The average molecular weight is 304 g/mol. The Morgan fingerprint density at radius 3 is 2.47 bits per heavy atom. The molecule has 0 unspecified atom stereocenters. The number of nitrogens with one attached hydrogen (secondary N) is 1. The topological polar surface area (TPSA) is 56.1 Å². The molecule has 0 saturated carbocycles. The SMILES string of the molecule is Brc1cnn(C2CNC2)c1.CC(C)(C)OC=O. The summed E-state index contributed by atoms with van der Waals surface area (Å²) in [5.74, 6) is 0. The number of halogens is 1. The fraction of sp³-hybridized carbons (Fsp3) is 0.636. The maximum Gasteiger partial charge on any atom is 0.293 e. The maximum absolute atomic E-state index is 9.60. The van der Waals surface area contributed by atoms with E-state index in [2.05, 4.69) is 31.1 Å². The quantitative estimate of drug-likeness (QED) is 0.846. The predicted molar refractivity (Wildman–Crippen MR) is 68.7 cm³/mol. The molecule has 0 bridgehead atoms. The lowest BCUT2D eigenvalue weighted by molar-refractivity contribution is -0.138. The second kappa shape index (κ2) is 6.16. The van der Waals surface area contributed by atoms with Crippen LogP contribution in [0.3, 0.4) is 0 Å². The average Bonchev–Trinajstić information content (AvgIpc) is 2.47. The zero-order valence-electron chi connectivity index (χ0n) is 10.3. The van der Waals surface area contributed by atoms with Crippen molar-refractivity contribution in [1.29, 1.82) is 0 Å². The summed E-state index contributed by atoms with van der Waals surface area (Å²) in [5, 5.41) is 7.36. The van der Waals surface area contributed by atoms with Gasteiger partial charge in [0, 0.05) is 19.3 Å². The van der Waals surface area contributed by atoms with E-state index in [0.29, 0.717) is 12.5 Å². The normalized spacial score (nSPS) is 15.5. The predicted octanol–water partition coefficient (Wildman–Crippen LogP) is 1.75.